The molecule has 3 fully saturated rings. The molecular formula is C31H40N8O2S. The lowest BCUT2D eigenvalue weighted by molar-refractivity contribution is 0.330. The minimum Gasteiger partial charge on any atom is -0.365 e. The summed E-state index contributed by atoms with van der Waals surface area (Å²) in [6.07, 6.45) is 12.1. The van der Waals surface area contributed by atoms with Crippen LogP contribution in [0.2, 0.25) is 0 Å². The second kappa shape index (κ2) is 11.4. The lowest BCUT2D eigenvalue weighted by Gasteiger charge is -2.32. The lowest BCUT2D eigenvalue weighted by Crippen LogP contribution is -2.42. The van der Waals surface area contributed by atoms with Gasteiger partial charge in [0.25, 0.3) is 0 Å². The number of rotatable bonds is 7. The smallest absolute Gasteiger partial charge is 0.243 e. The molecule has 1 aliphatic heterocycles. The highest BCUT2D eigenvalue weighted by Crippen LogP contribution is 2.34. The summed E-state index contributed by atoms with van der Waals surface area (Å²) in [4.78, 5) is 15.0. The van der Waals surface area contributed by atoms with Crippen molar-refractivity contribution in [2.45, 2.75) is 93.3 Å². The van der Waals surface area contributed by atoms with E-state index >= 15 is 0 Å². The Kier molecular flexibility index (Phi) is 7.49. The number of aromatic nitrogens is 4. The summed E-state index contributed by atoms with van der Waals surface area (Å²) in [7, 11) is -3.61. The van der Waals surface area contributed by atoms with Crippen LogP contribution in [0.15, 0.2) is 53.7 Å². The van der Waals surface area contributed by atoms with Crippen LogP contribution < -0.4 is 16.4 Å². The molecule has 1 saturated heterocycles. The van der Waals surface area contributed by atoms with Gasteiger partial charge in [-0.15, -0.1) is 0 Å². The van der Waals surface area contributed by atoms with E-state index in [1.807, 2.05) is 42.7 Å². The maximum Gasteiger partial charge on any atom is 0.243 e. The number of piperidine rings is 1. The zero-order valence-corrected chi connectivity index (χ0v) is 24.8. The molecule has 4 N–H and O–H groups in total. The second-order valence-corrected chi connectivity index (χ2v) is 14.1. The van der Waals surface area contributed by atoms with Crippen molar-refractivity contribution in [1.29, 1.82) is 0 Å². The standard InChI is InChI=1S/C31H40N8O2S/c32-22-12-14-23(15-13-22)35-31-36-29(28-30(37-31)39(20-33-28)25-8-2-3-9-25)34-24-16-18-38(19-17-24)42(40,41)27-11-5-7-21-6-1-4-10-26(21)27/h1,4-7,10-11,20,22-25H,2-3,8-9,12-19,32H2,(H2,34,35,36,37). The van der Waals surface area contributed by atoms with E-state index in [2.05, 4.69) is 15.2 Å². The number of hydrogen-bond acceptors (Lipinski definition) is 8. The normalized spacial score (nSPS) is 23.1. The molecule has 10 nitrogen and oxygen atoms in total. The monoisotopic (exact) mass is 588 g/mol. The first-order chi connectivity index (χ1) is 20.5. The van der Waals surface area contributed by atoms with Crippen LogP contribution in [0, 0.1) is 0 Å². The molecule has 2 aromatic heterocycles. The molecule has 0 unspecified atom stereocenters. The highest BCUT2D eigenvalue weighted by atomic mass is 32.2. The number of benzene rings is 2. The third kappa shape index (κ3) is 5.33. The molecule has 0 amide bonds. The van der Waals surface area contributed by atoms with Gasteiger partial charge in [0.15, 0.2) is 17.0 Å². The zero-order chi connectivity index (χ0) is 28.7. The number of hydrogen-bond donors (Lipinski definition) is 3. The molecule has 7 rings (SSSR count). The van der Waals surface area contributed by atoms with E-state index in [1.165, 1.54) is 12.8 Å². The SMILES string of the molecule is NC1CCC(Nc2nc(NC3CCN(S(=O)(=O)c4cccc5ccccc45)CC3)c3ncn(C4CCCC4)c3n2)CC1. The van der Waals surface area contributed by atoms with E-state index in [0.717, 1.165) is 66.3 Å². The van der Waals surface area contributed by atoms with Crippen LogP contribution in [0.1, 0.15) is 70.3 Å². The summed E-state index contributed by atoms with van der Waals surface area (Å²) in [6, 6.07) is 14.2. The summed E-state index contributed by atoms with van der Waals surface area (Å²) < 4.78 is 31.2. The van der Waals surface area contributed by atoms with E-state index in [-0.39, 0.29) is 12.1 Å². The number of nitrogens with one attached hydrogen (secondary N) is 2. The van der Waals surface area contributed by atoms with Gasteiger partial charge in [0.1, 0.15) is 0 Å². The van der Waals surface area contributed by atoms with E-state index in [9.17, 15) is 8.42 Å². The van der Waals surface area contributed by atoms with Crippen molar-refractivity contribution >= 4 is 43.7 Å². The predicted octanol–water partition coefficient (Wildman–Crippen LogP) is 5.04. The van der Waals surface area contributed by atoms with Crippen LogP contribution in [0.4, 0.5) is 11.8 Å². The summed E-state index contributed by atoms with van der Waals surface area (Å²) in [5.74, 6) is 1.35. The minimum atomic E-state index is -3.61. The first-order valence-electron chi connectivity index (χ1n) is 15.5. The van der Waals surface area contributed by atoms with Gasteiger partial charge in [-0.25, -0.2) is 13.4 Å². The Morgan fingerprint density at radius 1 is 0.810 bits per heavy atom. The van der Waals surface area contributed by atoms with E-state index < -0.39 is 10.0 Å². The third-order valence-electron chi connectivity index (χ3n) is 9.41. The van der Waals surface area contributed by atoms with Gasteiger partial charge in [0.05, 0.1) is 11.2 Å². The van der Waals surface area contributed by atoms with Crippen molar-refractivity contribution in [3.63, 3.8) is 0 Å². The summed E-state index contributed by atoms with van der Waals surface area (Å²) in [5, 5.41) is 8.93. The average Bonchev–Trinajstić information content (AvgIpc) is 3.69. The van der Waals surface area contributed by atoms with Crippen molar-refractivity contribution < 1.29 is 8.42 Å². The molecule has 2 saturated carbocycles. The van der Waals surface area contributed by atoms with Gasteiger partial charge in [-0.3, -0.25) is 0 Å². The van der Waals surface area contributed by atoms with Crippen LogP contribution in [0.25, 0.3) is 21.9 Å². The van der Waals surface area contributed by atoms with Crippen molar-refractivity contribution in [3.05, 3.63) is 48.8 Å². The largest absolute Gasteiger partial charge is 0.365 e. The maximum atomic E-state index is 13.7. The van der Waals surface area contributed by atoms with Gasteiger partial charge in [-0.1, -0.05) is 49.2 Å². The van der Waals surface area contributed by atoms with Gasteiger partial charge >= 0.3 is 0 Å². The molecular weight excluding hydrogens is 548 g/mol. The average molecular weight is 589 g/mol. The molecule has 42 heavy (non-hydrogen) atoms. The Bertz CT molecular complexity index is 1660. The second-order valence-electron chi connectivity index (χ2n) is 12.2. The summed E-state index contributed by atoms with van der Waals surface area (Å²) in [5.41, 5.74) is 7.79. The van der Waals surface area contributed by atoms with Gasteiger partial charge in [0.2, 0.25) is 16.0 Å². The molecule has 3 aliphatic rings. The topological polar surface area (TPSA) is 131 Å². The first kappa shape index (κ1) is 27.5. The number of anilines is 2. The fourth-order valence-corrected chi connectivity index (χ4v) is 8.66. The third-order valence-corrected chi connectivity index (χ3v) is 11.4. The van der Waals surface area contributed by atoms with E-state index in [0.29, 0.717) is 48.9 Å². The zero-order valence-electron chi connectivity index (χ0n) is 24.0. The number of nitrogens with two attached hydrogens (primary N) is 1. The molecule has 11 heteroatoms. The van der Waals surface area contributed by atoms with Gasteiger partial charge < -0.3 is 20.9 Å². The highest BCUT2D eigenvalue weighted by Gasteiger charge is 2.31. The maximum absolute atomic E-state index is 13.7. The van der Waals surface area contributed by atoms with Crippen molar-refractivity contribution in [1.82, 2.24) is 23.8 Å². The summed E-state index contributed by atoms with van der Waals surface area (Å²) >= 11 is 0. The van der Waals surface area contributed by atoms with Crippen molar-refractivity contribution in [2.24, 2.45) is 5.73 Å². The molecule has 2 aliphatic carbocycles. The van der Waals surface area contributed by atoms with E-state index in [4.69, 9.17) is 20.7 Å². The fraction of sp³-hybridized carbons (Fsp3) is 0.516. The molecule has 0 atom stereocenters. The van der Waals surface area contributed by atoms with Crippen LogP contribution in [0.3, 0.4) is 0 Å². The van der Waals surface area contributed by atoms with Crippen LogP contribution in [-0.2, 0) is 10.0 Å². The number of nitrogens with zero attached hydrogens (tertiary/aromatic N) is 5. The fourth-order valence-electron chi connectivity index (χ4n) is 6.97. The van der Waals surface area contributed by atoms with Gasteiger partial charge in [0, 0.05) is 42.6 Å². The van der Waals surface area contributed by atoms with Crippen LogP contribution >= 0.6 is 0 Å². The number of fused-ring (bicyclic) bond motifs is 2. The van der Waals surface area contributed by atoms with Crippen LogP contribution in [-0.4, -0.2) is 63.5 Å². The summed E-state index contributed by atoms with van der Waals surface area (Å²) in [6.45, 7) is 0.892. The Labute approximate surface area is 247 Å². The Morgan fingerprint density at radius 2 is 1.52 bits per heavy atom. The predicted molar refractivity (Wildman–Crippen MR) is 166 cm³/mol. The molecule has 2 aromatic carbocycles. The van der Waals surface area contributed by atoms with E-state index in [1.54, 1.807) is 10.4 Å². The Hall–Kier alpha value is -3.28. The molecule has 222 valence electrons. The Morgan fingerprint density at radius 3 is 2.31 bits per heavy atom. The van der Waals surface area contributed by atoms with Gasteiger partial charge in [-0.2, -0.15) is 14.3 Å². The lowest BCUT2D eigenvalue weighted by atomic mass is 9.92. The molecule has 4 aromatic rings. The van der Waals surface area contributed by atoms with Crippen molar-refractivity contribution in [3.8, 4) is 0 Å². The highest BCUT2D eigenvalue weighted by molar-refractivity contribution is 7.89. The minimum absolute atomic E-state index is 0.0826. The molecule has 0 spiro atoms. The Balaban J connectivity index is 1.11. The molecule has 3 heterocycles. The van der Waals surface area contributed by atoms with Crippen LogP contribution in [0.5, 0.6) is 0 Å². The number of imidazole rings is 1. The molecule has 0 radical (unpaired) electrons. The quantitative estimate of drug-likeness (QED) is 0.274. The number of sulfonamides is 1. The first-order valence-corrected chi connectivity index (χ1v) is 16.9. The van der Waals surface area contributed by atoms with Crippen molar-refractivity contribution in [2.75, 3.05) is 23.7 Å². The molecule has 0 bridgehead atoms. The van der Waals surface area contributed by atoms with Gasteiger partial charge in [-0.05, 0) is 62.8 Å².